The maximum atomic E-state index is 2.34. The van der Waals surface area contributed by atoms with Crippen molar-refractivity contribution in [2.45, 2.75) is 32.6 Å². The molecule has 0 heterocycles. The zero-order valence-corrected chi connectivity index (χ0v) is 8.87. The third-order valence-electron chi connectivity index (χ3n) is 3.20. The van der Waals surface area contributed by atoms with E-state index in [-0.39, 0.29) is 0 Å². The Morgan fingerprint density at radius 2 is 1.43 bits per heavy atom. The molecule has 0 saturated heterocycles. The van der Waals surface area contributed by atoms with Crippen molar-refractivity contribution in [3.05, 3.63) is 47.6 Å². The van der Waals surface area contributed by atoms with Crippen LogP contribution in [0, 0.1) is 5.92 Å². The lowest BCUT2D eigenvalue weighted by Gasteiger charge is -2.21. The molecule has 74 valence electrons. The van der Waals surface area contributed by atoms with Gasteiger partial charge in [0.25, 0.3) is 0 Å². The van der Waals surface area contributed by atoms with E-state index in [1.165, 1.54) is 25.7 Å². The second kappa shape index (κ2) is 4.45. The van der Waals surface area contributed by atoms with Gasteiger partial charge in [-0.15, -0.1) is 0 Å². The van der Waals surface area contributed by atoms with Crippen molar-refractivity contribution in [1.82, 2.24) is 0 Å². The fraction of sp³-hybridized carbons (Fsp3) is 0.429. The Kier molecular flexibility index (Phi) is 3.03. The van der Waals surface area contributed by atoms with Gasteiger partial charge in [0.1, 0.15) is 0 Å². The average molecular weight is 186 g/mol. The summed E-state index contributed by atoms with van der Waals surface area (Å²) in [6.45, 7) is 2.34. The van der Waals surface area contributed by atoms with Gasteiger partial charge >= 0.3 is 0 Å². The topological polar surface area (TPSA) is 0 Å². The summed E-state index contributed by atoms with van der Waals surface area (Å²) >= 11 is 0. The highest BCUT2D eigenvalue weighted by Crippen LogP contribution is 2.30. The van der Waals surface area contributed by atoms with Gasteiger partial charge < -0.3 is 0 Å². The summed E-state index contributed by atoms with van der Waals surface area (Å²) in [6.07, 6.45) is 18.5. The maximum Gasteiger partial charge on any atom is -0.00150 e. The highest BCUT2D eigenvalue weighted by Gasteiger charge is 2.14. The molecule has 0 N–H and O–H groups in total. The summed E-state index contributed by atoms with van der Waals surface area (Å²) in [5.41, 5.74) is 3.21. The quantitative estimate of drug-likeness (QED) is 0.607. The minimum atomic E-state index is 0.657. The summed E-state index contributed by atoms with van der Waals surface area (Å²) in [7, 11) is 0. The van der Waals surface area contributed by atoms with Gasteiger partial charge in [-0.2, -0.15) is 0 Å². The SMILES string of the molecule is CC(C1=CC=CCC1)C1=CC=CCC1. The summed E-state index contributed by atoms with van der Waals surface area (Å²) in [4.78, 5) is 0. The van der Waals surface area contributed by atoms with Crippen molar-refractivity contribution < 1.29 is 0 Å². The summed E-state index contributed by atoms with van der Waals surface area (Å²) in [6, 6.07) is 0. The molecule has 0 heteroatoms. The molecule has 2 rings (SSSR count). The maximum absolute atomic E-state index is 2.34. The third kappa shape index (κ3) is 2.06. The first kappa shape index (κ1) is 9.51. The van der Waals surface area contributed by atoms with Crippen molar-refractivity contribution in [2.75, 3.05) is 0 Å². The van der Waals surface area contributed by atoms with Crippen LogP contribution in [0.2, 0.25) is 0 Å². The minimum Gasteiger partial charge on any atom is -0.0842 e. The van der Waals surface area contributed by atoms with E-state index in [4.69, 9.17) is 0 Å². The molecule has 0 aliphatic heterocycles. The number of rotatable bonds is 2. The number of allylic oxidation sites excluding steroid dienone is 8. The minimum absolute atomic E-state index is 0.657. The summed E-state index contributed by atoms with van der Waals surface area (Å²) in [5.74, 6) is 0.657. The van der Waals surface area contributed by atoms with Crippen LogP contribution in [-0.2, 0) is 0 Å². The van der Waals surface area contributed by atoms with E-state index >= 15 is 0 Å². The van der Waals surface area contributed by atoms with Gasteiger partial charge in [0.05, 0.1) is 0 Å². The molecular formula is C14H18. The molecule has 0 fully saturated rings. The van der Waals surface area contributed by atoms with E-state index in [0.29, 0.717) is 5.92 Å². The van der Waals surface area contributed by atoms with Gasteiger partial charge in [0.2, 0.25) is 0 Å². The van der Waals surface area contributed by atoms with Crippen LogP contribution in [0.1, 0.15) is 32.6 Å². The van der Waals surface area contributed by atoms with Crippen LogP contribution in [0.25, 0.3) is 0 Å². The van der Waals surface area contributed by atoms with E-state index in [2.05, 4.69) is 43.4 Å². The Bertz CT molecular complexity index is 281. The fourth-order valence-corrected chi connectivity index (χ4v) is 2.20. The number of hydrogen-bond acceptors (Lipinski definition) is 0. The first-order valence-electron chi connectivity index (χ1n) is 5.59. The monoisotopic (exact) mass is 186 g/mol. The zero-order valence-electron chi connectivity index (χ0n) is 8.87. The summed E-state index contributed by atoms with van der Waals surface area (Å²) < 4.78 is 0. The molecule has 2 aliphatic carbocycles. The standard InChI is InChI=1S/C14H18/c1-12(13-8-4-2-5-9-13)14-10-6-3-7-11-14/h2-4,6,8,10,12H,5,7,9,11H2,1H3. The van der Waals surface area contributed by atoms with Crippen molar-refractivity contribution in [3.8, 4) is 0 Å². The lowest BCUT2D eigenvalue weighted by molar-refractivity contribution is 0.693. The van der Waals surface area contributed by atoms with E-state index in [1.807, 2.05) is 0 Å². The Morgan fingerprint density at radius 1 is 0.929 bits per heavy atom. The first-order valence-corrected chi connectivity index (χ1v) is 5.59. The predicted molar refractivity (Wildman–Crippen MR) is 62.1 cm³/mol. The first-order chi connectivity index (χ1) is 6.88. The molecule has 0 nitrogen and oxygen atoms in total. The molecule has 0 radical (unpaired) electrons. The molecule has 0 aromatic carbocycles. The van der Waals surface area contributed by atoms with Gasteiger partial charge in [0.15, 0.2) is 0 Å². The van der Waals surface area contributed by atoms with E-state index in [9.17, 15) is 0 Å². The van der Waals surface area contributed by atoms with E-state index < -0.39 is 0 Å². The van der Waals surface area contributed by atoms with Crippen LogP contribution < -0.4 is 0 Å². The molecule has 0 bridgehead atoms. The Hall–Kier alpha value is -1.04. The molecule has 0 unspecified atom stereocenters. The van der Waals surface area contributed by atoms with Gasteiger partial charge in [-0.05, 0) is 31.6 Å². The second-order valence-electron chi connectivity index (χ2n) is 4.14. The van der Waals surface area contributed by atoms with Crippen molar-refractivity contribution >= 4 is 0 Å². The smallest absolute Gasteiger partial charge is 0.00150 e. The van der Waals surface area contributed by atoms with Crippen LogP contribution >= 0.6 is 0 Å². The van der Waals surface area contributed by atoms with Crippen LogP contribution in [0.4, 0.5) is 0 Å². The third-order valence-corrected chi connectivity index (χ3v) is 3.20. The fourth-order valence-electron chi connectivity index (χ4n) is 2.20. The van der Waals surface area contributed by atoms with Crippen molar-refractivity contribution in [3.63, 3.8) is 0 Å². The second-order valence-corrected chi connectivity index (χ2v) is 4.14. The van der Waals surface area contributed by atoms with Crippen LogP contribution in [-0.4, -0.2) is 0 Å². The highest BCUT2D eigenvalue weighted by atomic mass is 14.2. The molecule has 0 saturated carbocycles. The predicted octanol–water partition coefficient (Wildman–Crippen LogP) is 4.18. The lowest BCUT2D eigenvalue weighted by Crippen LogP contribution is -2.06. The van der Waals surface area contributed by atoms with Gasteiger partial charge in [-0.3, -0.25) is 0 Å². The largest absolute Gasteiger partial charge is 0.0842 e. The normalized spacial score (nSPS) is 21.0. The zero-order chi connectivity index (χ0) is 9.80. The molecule has 14 heavy (non-hydrogen) atoms. The van der Waals surface area contributed by atoms with Crippen LogP contribution in [0.3, 0.4) is 0 Å². The Morgan fingerprint density at radius 3 is 1.79 bits per heavy atom. The molecular weight excluding hydrogens is 168 g/mol. The summed E-state index contributed by atoms with van der Waals surface area (Å²) in [5, 5.41) is 0. The van der Waals surface area contributed by atoms with E-state index in [0.717, 1.165) is 0 Å². The molecule has 2 aliphatic rings. The Balaban J connectivity index is 2.10. The van der Waals surface area contributed by atoms with Crippen molar-refractivity contribution in [1.29, 1.82) is 0 Å². The average Bonchev–Trinajstić information content (AvgIpc) is 2.30. The molecule has 0 amide bonds. The lowest BCUT2D eigenvalue weighted by atomic mass is 9.84. The highest BCUT2D eigenvalue weighted by molar-refractivity contribution is 5.30. The van der Waals surface area contributed by atoms with Gasteiger partial charge in [0, 0.05) is 0 Å². The van der Waals surface area contributed by atoms with Gasteiger partial charge in [-0.1, -0.05) is 54.5 Å². The van der Waals surface area contributed by atoms with E-state index in [1.54, 1.807) is 11.1 Å². The molecule has 0 aromatic heterocycles. The van der Waals surface area contributed by atoms with Gasteiger partial charge in [-0.25, -0.2) is 0 Å². The Labute approximate surface area is 86.7 Å². The molecule has 0 spiro atoms. The number of hydrogen-bond donors (Lipinski definition) is 0. The van der Waals surface area contributed by atoms with Crippen molar-refractivity contribution in [2.24, 2.45) is 5.92 Å². The molecule has 0 aromatic rings. The van der Waals surface area contributed by atoms with Crippen LogP contribution in [0.5, 0.6) is 0 Å². The molecule has 0 atom stereocenters. The van der Waals surface area contributed by atoms with Crippen LogP contribution in [0.15, 0.2) is 47.6 Å².